The van der Waals surface area contributed by atoms with Gasteiger partial charge in [-0.25, -0.2) is 0 Å². The zero-order chi connectivity index (χ0) is 12.9. The maximum atomic E-state index is 11.9. The molecule has 1 atom stereocenters. The SMILES string of the molecule is O=C(Cc1ccncc1)NCC(O)C(F)(F)F. The van der Waals surface area contributed by atoms with Gasteiger partial charge in [0.1, 0.15) is 0 Å². The zero-order valence-corrected chi connectivity index (χ0v) is 8.74. The molecular weight excluding hydrogens is 237 g/mol. The van der Waals surface area contributed by atoms with E-state index in [0.717, 1.165) is 0 Å². The lowest BCUT2D eigenvalue weighted by molar-refractivity contribution is -0.201. The molecule has 0 aromatic carbocycles. The van der Waals surface area contributed by atoms with Crippen LogP contribution in [0.25, 0.3) is 0 Å². The summed E-state index contributed by atoms with van der Waals surface area (Å²) in [4.78, 5) is 15.0. The molecule has 2 N–H and O–H groups in total. The molecule has 1 unspecified atom stereocenters. The van der Waals surface area contributed by atoms with Gasteiger partial charge in [-0.3, -0.25) is 9.78 Å². The van der Waals surface area contributed by atoms with Crippen LogP contribution in [0.15, 0.2) is 24.5 Å². The van der Waals surface area contributed by atoms with E-state index >= 15 is 0 Å². The molecule has 1 heterocycles. The van der Waals surface area contributed by atoms with E-state index in [1.54, 1.807) is 12.1 Å². The van der Waals surface area contributed by atoms with E-state index in [1.165, 1.54) is 12.4 Å². The Morgan fingerprint density at radius 3 is 2.53 bits per heavy atom. The summed E-state index contributed by atoms with van der Waals surface area (Å²) in [6.07, 6.45) is -4.35. The van der Waals surface area contributed by atoms with E-state index in [9.17, 15) is 18.0 Å². The largest absolute Gasteiger partial charge is 0.416 e. The average Bonchev–Trinajstić information content (AvgIpc) is 2.26. The molecule has 0 aliphatic rings. The molecule has 0 fully saturated rings. The van der Waals surface area contributed by atoms with Gasteiger partial charge in [0.2, 0.25) is 5.91 Å². The van der Waals surface area contributed by atoms with Crippen molar-refractivity contribution in [1.82, 2.24) is 10.3 Å². The lowest BCUT2D eigenvalue weighted by Crippen LogP contribution is -2.41. The quantitative estimate of drug-likeness (QED) is 0.823. The van der Waals surface area contributed by atoms with Gasteiger partial charge in [-0.1, -0.05) is 0 Å². The van der Waals surface area contributed by atoms with Gasteiger partial charge in [-0.05, 0) is 17.7 Å². The Balaban J connectivity index is 2.36. The molecule has 0 aliphatic carbocycles. The highest BCUT2D eigenvalue weighted by Crippen LogP contribution is 2.19. The fourth-order valence-electron chi connectivity index (χ4n) is 1.07. The summed E-state index contributed by atoms with van der Waals surface area (Å²) >= 11 is 0. The van der Waals surface area contributed by atoms with Crippen molar-refractivity contribution in [3.8, 4) is 0 Å². The Morgan fingerprint density at radius 2 is 2.00 bits per heavy atom. The molecule has 94 valence electrons. The summed E-state index contributed by atoms with van der Waals surface area (Å²) in [6.45, 7) is -0.840. The molecule has 1 aromatic rings. The minimum atomic E-state index is -4.72. The molecule has 0 radical (unpaired) electrons. The Hall–Kier alpha value is -1.63. The lowest BCUT2D eigenvalue weighted by atomic mass is 10.2. The van der Waals surface area contributed by atoms with Crippen LogP contribution in [0.3, 0.4) is 0 Å². The van der Waals surface area contributed by atoms with E-state index in [0.29, 0.717) is 5.56 Å². The number of aliphatic hydroxyl groups is 1. The number of alkyl halides is 3. The third-order valence-electron chi connectivity index (χ3n) is 1.98. The standard InChI is InChI=1S/C10H11F3N2O2/c11-10(12,13)8(16)6-15-9(17)5-7-1-3-14-4-2-7/h1-4,8,16H,5-6H2,(H,15,17). The first-order valence-corrected chi connectivity index (χ1v) is 4.80. The van der Waals surface area contributed by atoms with Crippen molar-refractivity contribution in [3.05, 3.63) is 30.1 Å². The lowest BCUT2D eigenvalue weighted by Gasteiger charge is -2.14. The summed E-state index contributed by atoms with van der Waals surface area (Å²) in [6, 6.07) is 3.17. The highest BCUT2D eigenvalue weighted by molar-refractivity contribution is 5.78. The van der Waals surface area contributed by atoms with Crippen LogP contribution in [-0.2, 0) is 11.2 Å². The normalized spacial score (nSPS) is 13.2. The van der Waals surface area contributed by atoms with Gasteiger partial charge in [0.25, 0.3) is 0 Å². The molecule has 0 bridgehead atoms. The van der Waals surface area contributed by atoms with Crippen molar-refractivity contribution < 1.29 is 23.1 Å². The van der Waals surface area contributed by atoms with Gasteiger partial charge < -0.3 is 10.4 Å². The van der Waals surface area contributed by atoms with Crippen LogP contribution in [0, 0.1) is 0 Å². The molecule has 1 rings (SSSR count). The number of halogens is 3. The van der Waals surface area contributed by atoms with Crippen molar-refractivity contribution in [2.45, 2.75) is 18.7 Å². The van der Waals surface area contributed by atoms with E-state index < -0.39 is 24.7 Å². The predicted octanol–water partition coefficient (Wildman–Crippen LogP) is 0.663. The number of aromatic nitrogens is 1. The first-order chi connectivity index (χ1) is 7.89. The number of pyridine rings is 1. The van der Waals surface area contributed by atoms with Gasteiger partial charge in [0.05, 0.1) is 13.0 Å². The van der Waals surface area contributed by atoms with Crippen LogP contribution in [0.2, 0.25) is 0 Å². The smallest absolute Gasteiger partial charge is 0.382 e. The number of amides is 1. The molecule has 4 nitrogen and oxygen atoms in total. The monoisotopic (exact) mass is 248 g/mol. The van der Waals surface area contributed by atoms with Crippen molar-refractivity contribution >= 4 is 5.91 Å². The third kappa shape index (κ3) is 4.81. The van der Waals surface area contributed by atoms with Crippen molar-refractivity contribution in [1.29, 1.82) is 0 Å². The molecule has 0 aliphatic heterocycles. The van der Waals surface area contributed by atoms with E-state index in [1.807, 2.05) is 5.32 Å². The number of nitrogens with one attached hydrogen (secondary N) is 1. The van der Waals surface area contributed by atoms with Crippen molar-refractivity contribution in [2.75, 3.05) is 6.54 Å². The third-order valence-corrected chi connectivity index (χ3v) is 1.98. The van der Waals surface area contributed by atoms with Crippen LogP contribution in [0.4, 0.5) is 13.2 Å². The summed E-state index contributed by atoms with van der Waals surface area (Å²) in [7, 11) is 0. The molecule has 0 saturated heterocycles. The molecule has 1 amide bonds. The second kappa shape index (κ2) is 5.62. The topological polar surface area (TPSA) is 62.2 Å². The van der Waals surface area contributed by atoms with Crippen LogP contribution < -0.4 is 5.32 Å². The first kappa shape index (κ1) is 13.4. The molecule has 17 heavy (non-hydrogen) atoms. The number of hydrogen-bond donors (Lipinski definition) is 2. The fraction of sp³-hybridized carbons (Fsp3) is 0.400. The Kier molecular flexibility index (Phi) is 4.45. The van der Waals surface area contributed by atoms with E-state index in [4.69, 9.17) is 5.11 Å². The van der Waals surface area contributed by atoms with E-state index in [2.05, 4.69) is 4.98 Å². The molecular formula is C10H11F3N2O2. The van der Waals surface area contributed by atoms with Gasteiger partial charge in [0.15, 0.2) is 6.10 Å². The van der Waals surface area contributed by atoms with Crippen molar-refractivity contribution in [2.24, 2.45) is 0 Å². The average molecular weight is 248 g/mol. The Labute approximate surface area is 95.5 Å². The second-order valence-electron chi connectivity index (χ2n) is 3.39. The summed E-state index contributed by atoms with van der Waals surface area (Å²) in [5.41, 5.74) is 0.638. The molecule has 7 heteroatoms. The highest BCUT2D eigenvalue weighted by atomic mass is 19.4. The van der Waals surface area contributed by atoms with Crippen molar-refractivity contribution in [3.63, 3.8) is 0 Å². The summed E-state index contributed by atoms with van der Waals surface area (Å²) < 4.78 is 35.8. The number of hydrogen-bond acceptors (Lipinski definition) is 3. The fourth-order valence-corrected chi connectivity index (χ4v) is 1.07. The van der Waals surface area contributed by atoms with Crippen LogP contribution in [0.5, 0.6) is 0 Å². The van der Waals surface area contributed by atoms with Crippen LogP contribution >= 0.6 is 0 Å². The predicted molar refractivity (Wildman–Crippen MR) is 53.0 cm³/mol. The number of nitrogens with zero attached hydrogens (tertiary/aromatic N) is 1. The molecule has 0 saturated carbocycles. The number of aliphatic hydroxyl groups excluding tert-OH is 1. The maximum absolute atomic E-state index is 11.9. The van der Waals surface area contributed by atoms with Gasteiger partial charge in [-0.2, -0.15) is 13.2 Å². The molecule has 0 spiro atoms. The van der Waals surface area contributed by atoms with Gasteiger partial charge >= 0.3 is 6.18 Å². The van der Waals surface area contributed by atoms with E-state index in [-0.39, 0.29) is 6.42 Å². The number of carbonyl (C=O) groups excluding carboxylic acids is 1. The summed E-state index contributed by atoms with van der Waals surface area (Å²) in [5.74, 6) is -0.584. The highest BCUT2D eigenvalue weighted by Gasteiger charge is 2.38. The van der Waals surface area contributed by atoms with Crippen LogP contribution in [0.1, 0.15) is 5.56 Å². The minimum absolute atomic E-state index is 0.0485. The summed E-state index contributed by atoms with van der Waals surface area (Å²) in [5, 5.41) is 10.7. The number of rotatable bonds is 4. The Bertz CT molecular complexity index is 368. The maximum Gasteiger partial charge on any atom is 0.416 e. The van der Waals surface area contributed by atoms with Crippen LogP contribution in [-0.4, -0.2) is 34.8 Å². The second-order valence-corrected chi connectivity index (χ2v) is 3.39. The minimum Gasteiger partial charge on any atom is -0.382 e. The zero-order valence-electron chi connectivity index (χ0n) is 8.74. The molecule has 1 aromatic heterocycles. The van der Waals surface area contributed by atoms with Gasteiger partial charge in [0, 0.05) is 12.4 Å². The Morgan fingerprint density at radius 1 is 1.41 bits per heavy atom. The number of carbonyl (C=O) groups is 1. The van der Waals surface area contributed by atoms with Gasteiger partial charge in [-0.15, -0.1) is 0 Å². The first-order valence-electron chi connectivity index (χ1n) is 4.80.